The van der Waals surface area contributed by atoms with Gasteiger partial charge in [-0.15, -0.1) is 0 Å². The van der Waals surface area contributed by atoms with E-state index in [9.17, 15) is 18.0 Å². The summed E-state index contributed by atoms with van der Waals surface area (Å²) in [4.78, 5) is 29.3. The maximum Gasteiger partial charge on any atom is 0.264 e. The van der Waals surface area contributed by atoms with E-state index in [1.807, 2.05) is 61.5 Å². The van der Waals surface area contributed by atoms with Gasteiger partial charge >= 0.3 is 0 Å². The Morgan fingerprint density at radius 1 is 0.864 bits per heavy atom. The van der Waals surface area contributed by atoms with E-state index in [4.69, 9.17) is 4.74 Å². The van der Waals surface area contributed by atoms with Crippen LogP contribution in [-0.2, 0) is 32.6 Å². The van der Waals surface area contributed by atoms with Crippen LogP contribution in [0.5, 0.6) is 5.75 Å². The number of hydrogen-bond acceptors (Lipinski definition) is 5. The van der Waals surface area contributed by atoms with E-state index in [1.165, 1.54) is 24.1 Å². The fourth-order valence-corrected chi connectivity index (χ4v) is 6.49. The second kappa shape index (κ2) is 15.0. The Bertz CT molecular complexity index is 1660. The van der Waals surface area contributed by atoms with Gasteiger partial charge in [-0.1, -0.05) is 88.2 Å². The number of nitrogens with zero attached hydrogens (tertiary/aromatic N) is 2. The molecule has 0 spiro atoms. The maximum absolute atomic E-state index is 14.4. The normalized spacial score (nSPS) is 11.8. The minimum atomic E-state index is -4.23. The van der Waals surface area contributed by atoms with Crippen molar-refractivity contribution in [1.29, 1.82) is 0 Å². The lowest BCUT2D eigenvalue weighted by Gasteiger charge is -2.34. The van der Waals surface area contributed by atoms with Crippen LogP contribution in [0.25, 0.3) is 0 Å². The Labute approximate surface area is 267 Å². The average Bonchev–Trinajstić information content (AvgIpc) is 3.03. The molecule has 4 aromatic rings. The lowest BCUT2D eigenvalue weighted by molar-refractivity contribution is -0.139. The first-order valence-electron chi connectivity index (χ1n) is 14.2. The van der Waals surface area contributed by atoms with Crippen molar-refractivity contribution in [2.24, 2.45) is 0 Å². The zero-order valence-corrected chi connectivity index (χ0v) is 27.3. The molecule has 4 aromatic carbocycles. The summed E-state index contributed by atoms with van der Waals surface area (Å²) in [6.07, 6.45) is 0.239. The van der Waals surface area contributed by atoms with Crippen molar-refractivity contribution < 1.29 is 22.7 Å². The number of halogens is 1. The number of benzene rings is 4. The van der Waals surface area contributed by atoms with Gasteiger partial charge in [-0.3, -0.25) is 13.9 Å². The van der Waals surface area contributed by atoms with Crippen LogP contribution in [0.3, 0.4) is 0 Å². The molecule has 10 heteroatoms. The number of hydrogen-bond donors (Lipinski definition) is 1. The van der Waals surface area contributed by atoms with Crippen LogP contribution in [0, 0.1) is 6.92 Å². The molecule has 0 radical (unpaired) electrons. The molecule has 0 saturated heterocycles. The zero-order valence-electron chi connectivity index (χ0n) is 24.9. The summed E-state index contributed by atoms with van der Waals surface area (Å²) in [5.41, 5.74) is 2.77. The summed E-state index contributed by atoms with van der Waals surface area (Å²) in [6, 6.07) is 29.1. The molecular weight excluding hydrogens is 642 g/mol. The molecule has 44 heavy (non-hydrogen) atoms. The molecule has 0 aliphatic rings. The van der Waals surface area contributed by atoms with Crippen molar-refractivity contribution >= 4 is 43.5 Å². The molecule has 0 unspecified atom stereocenters. The Hall–Kier alpha value is -4.15. The molecule has 4 rings (SSSR count). The molecule has 0 bridgehead atoms. The van der Waals surface area contributed by atoms with Gasteiger partial charge < -0.3 is 15.0 Å². The van der Waals surface area contributed by atoms with Gasteiger partial charge in [0.1, 0.15) is 18.3 Å². The largest absolute Gasteiger partial charge is 0.492 e. The molecule has 2 amide bonds. The van der Waals surface area contributed by atoms with Gasteiger partial charge in [0.15, 0.2) is 0 Å². The summed E-state index contributed by atoms with van der Waals surface area (Å²) >= 11 is 3.44. The first-order chi connectivity index (χ1) is 21.1. The van der Waals surface area contributed by atoms with E-state index >= 15 is 0 Å². The fourth-order valence-electron chi connectivity index (χ4n) is 4.80. The number of likely N-dealkylation sites (N-methyl/N-ethyl adjacent to an activating group) is 1. The van der Waals surface area contributed by atoms with Crippen LogP contribution < -0.4 is 14.4 Å². The lowest BCUT2D eigenvalue weighted by Crippen LogP contribution is -2.53. The van der Waals surface area contributed by atoms with Gasteiger partial charge in [0.05, 0.1) is 17.2 Å². The topological polar surface area (TPSA) is 96.0 Å². The van der Waals surface area contributed by atoms with Crippen LogP contribution in [-0.4, -0.2) is 51.4 Å². The number of sulfonamides is 1. The molecule has 0 aliphatic heterocycles. The molecule has 0 heterocycles. The van der Waals surface area contributed by atoms with Crippen molar-refractivity contribution in [3.8, 4) is 5.75 Å². The number of ether oxygens (including phenoxy) is 1. The summed E-state index contributed by atoms with van der Waals surface area (Å²) in [6.45, 7) is 3.50. The van der Waals surface area contributed by atoms with E-state index in [-0.39, 0.29) is 29.5 Å². The minimum Gasteiger partial charge on any atom is -0.492 e. The van der Waals surface area contributed by atoms with Gasteiger partial charge in [-0.25, -0.2) is 8.42 Å². The van der Waals surface area contributed by atoms with Crippen LogP contribution in [0.2, 0.25) is 0 Å². The number of rotatable bonds is 13. The summed E-state index contributed by atoms with van der Waals surface area (Å²) in [5, 5.41) is 2.70. The fraction of sp³-hybridized carbons (Fsp3) is 0.235. The predicted molar refractivity (Wildman–Crippen MR) is 176 cm³/mol. The third kappa shape index (κ3) is 8.06. The minimum absolute atomic E-state index is 0.0359. The second-order valence-electron chi connectivity index (χ2n) is 10.2. The van der Waals surface area contributed by atoms with Crippen LogP contribution in [0.15, 0.2) is 112 Å². The number of amides is 2. The highest BCUT2D eigenvalue weighted by Crippen LogP contribution is 2.33. The zero-order chi connectivity index (χ0) is 31.7. The molecule has 1 atom stereocenters. The summed E-state index contributed by atoms with van der Waals surface area (Å²) in [5.74, 6) is -0.577. The molecule has 0 aromatic heterocycles. The second-order valence-corrected chi connectivity index (χ2v) is 13.0. The molecule has 0 saturated carbocycles. The first-order valence-corrected chi connectivity index (χ1v) is 16.5. The summed E-state index contributed by atoms with van der Waals surface area (Å²) in [7, 11) is -2.71. The highest BCUT2D eigenvalue weighted by Gasteiger charge is 2.35. The first kappa shape index (κ1) is 32.8. The van der Waals surface area contributed by atoms with Crippen molar-refractivity contribution in [3.63, 3.8) is 0 Å². The van der Waals surface area contributed by atoms with Crippen molar-refractivity contribution in [3.05, 3.63) is 124 Å². The quantitative estimate of drug-likeness (QED) is 0.195. The van der Waals surface area contributed by atoms with Gasteiger partial charge in [-0.2, -0.15) is 0 Å². The van der Waals surface area contributed by atoms with Crippen LogP contribution >= 0.6 is 15.9 Å². The molecule has 0 fully saturated rings. The summed E-state index contributed by atoms with van der Waals surface area (Å²) < 4.78 is 36.2. The smallest absolute Gasteiger partial charge is 0.264 e. The standard InChI is InChI=1S/C34H36BrN3O5S/c1-4-43-32-13-9-8-12-30(32)38(44(41,42)29-20-14-25(2)15-21-29)24-33(39)37(23-27-16-18-28(35)19-17-27)31(34(40)36-3)22-26-10-6-5-7-11-26/h5-21,31H,4,22-24H2,1-3H3,(H,36,40)/t31-/m1/s1. The van der Waals surface area contributed by atoms with E-state index in [1.54, 1.807) is 43.3 Å². The molecule has 0 aliphatic carbocycles. The number of carbonyl (C=O) groups is 2. The molecule has 1 N–H and O–H groups in total. The van der Waals surface area contributed by atoms with E-state index in [0.29, 0.717) is 12.4 Å². The van der Waals surface area contributed by atoms with E-state index in [0.717, 1.165) is 25.5 Å². The SMILES string of the molecule is CCOc1ccccc1N(CC(=O)N(Cc1ccc(Br)cc1)[C@H](Cc1ccccc1)C(=O)NC)S(=O)(=O)c1ccc(C)cc1. The maximum atomic E-state index is 14.4. The van der Waals surface area contributed by atoms with Crippen molar-refractivity contribution in [2.75, 3.05) is 24.5 Å². The third-order valence-corrected chi connectivity index (χ3v) is 9.41. The number of para-hydroxylation sites is 2. The molecular formula is C34H36BrN3O5S. The Kier molecular flexibility index (Phi) is 11.2. The van der Waals surface area contributed by atoms with E-state index in [2.05, 4.69) is 21.2 Å². The van der Waals surface area contributed by atoms with Crippen molar-refractivity contribution in [1.82, 2.24) is 10.2 Å². The van der Waals surface area contributed by atoms with Gasteiger partial charge in [0.25, 0.3) is 10.0 Å². The Morgan fingerprint density at radius 3 is 2.14 bits per heavy atom. The third-order valence-electron chi connectivity index (χ3n) is 7.11. The van der Waals surface area contributed by atoms with Crippen LogP contribution in [0.1, 0.15) is 23.6 Å². The number of nitrogens with one attached hydrogen (secondary N) is 1. The number of carbonyl (C=O) groups excluding carboxylic acids is 2. The van der Waals surface area contributed by atoms with Crippen molar-refractivity contribution in [2.45, 2.75) is 37.8 Å². The number of aryl methyl sites for hydroxylation is 1. The van der Waals surface area contributed by atoms with Crippen LogP contribution in [0.4, 0.5) is 5.69 Å². The van der Waals surface area contributed by atoms with Gasteiger partial charge in [0, 0.05) is 24.5 Å². The Balaban J connectivity index is 1.82. The average molecular weight is 679 g/mol. The molecule has 230 valence electrons. The van der Waals surface area contributed by atoms with Gasteiger partial charge in [-0.05, 0) is 61.4 Å². The molecule has 8 nitrogen and oxygen atoms in total. The number of anilines is 1. The Morgan fingerprint density at radius 2 is 1.50 bits per heavy atom. The highest BCUT2D eigenvalue weighted by atomic mass is 79.9. The monoisotopic (exact) mass is 677 g/mol. The van der Waals surface area contributed by atoms with E-state index < -0.39 is 28.5 Å². The van der Waals surface area contributed by atoms with Gasteiger partial charge in [0.2, 0.25) is 11.8 Å². The lowest BCUT2D eigenvalue weighted by atomic mass is 10.0. The highest BCUT2D eigenvalue weighted by molar-refractivity contribution is 9.10. The predicted octanol–water partition coefficient (Wildman–Crippen LogP) is 5.74.